The minimum absolute atomic E-state index is 0.150. The standard InChI is InChI=1S/C16H23N3O/c1-4-13-5-7-14(8-6-13)11-18-15(9-10-17)19-16(20)12(2)3/h4-8,15,18H,1-2,9-11,17H2,3H3,(H,19,20). The number of rotatable bonds is 8. The molecule has 1 unspecified atom stereocenters. The second-order valence-electron chi connectivity index (χ2n) is 4.71. The lowest BCUT2D eigenvalue weighted by Gasteiger charge is -2.20. The summed E-state index contributed by atoms with van der Waals surface area (Å²) in [4.78, 5) is 11.6. The Morgan fingerprint density at radius 1 is 1.40 bits per heavy atom. The Bertz CT molecular complexity index is 465. The van der Waals surface area contributed by atoms with Crippen molar-refractivity contribution in [1.29, 1.82) is 0 Å². The first-order valence-corrected chi connectivity index (χ1v) is 6.68. The number of benzene rings is 1. The molecule has 0 aliphatic rings. The van der Waals surface area contributed by atoms with Gasteiger partial charge in [-0.1, -0.05) is 43.5 Å². The zero-order valence-corrected chi connectivity index (χ0v) is 12.0. The van der Waals surface area contributed by atoms with Crippen molar-refractivity contribution in [1.82, 2.24) is 10.6 Å². The van der Waals surface area contributed by atoms with Gasteiger partial charge in [0.25, 0.3) is 0 Å². The van der Waals surface area contributed by atoms with Crippen molar-refractivity contribution in [2.45, 2.75) is 26.1 Å². The fourth-order valence-electron chi connectivity index (χ4n) is 1.69. The number of carbonyl (C=O) groups is 1. The lowest BCUT2D eigenvalue weighted by Crippen LogP contribution is -2.46. The van der Waals surface area contributed by atoms with Crippen LogP contribution in [0, 0.1) is 0 Å². The second kappa shape index (κ2) is 8.30. The molecule has 4 N–H and O–H groups in total. The van der Waals surface area contributed by atoms with Crippen LogP contribution >= 0.6 is 0 Å². The van der Waals surface area contributed by atoms with Gasteiger partial charge in [-0.15, -0.1) is 0 Å². The Kier molecular flexibility index (Phi) is 6.70. The molecule has 1 aromatic carbocycles. The summed E-state index contributed by atoms with van der Waals surface area (Å²) in [6.07, 6.45) is 2.33. The lowest BCUT2D eigenvalue weighted by molar-refractivity contribution is -0.118. The van der Waals surface area contributed by atoms with Gasteiger partial charge >= 0.3 is 0 Å². The molecular formula is C16H23N3O. The van der Waals surface area contributed by atoms with Gasteiger partial charge in [-0.25, -0.2) is 0 Å². The van der Waals surface area contributed by atoms with Crippen molar-refractivity contribution in [2.75, 3.05) is 6.54 Å². The molecule has 4 nitrogen and oxygen atoms in total. The molecule has 0 saturated carbocycles. The van der Waals surface area contributed by atoms with Gasteiger partial charge in [0.1, 0.15) is 0 Å². The van der Waals surface area contributed by atoms with E-state index in [9.17, 15) is 4.79 Å². The van der Waals surface area contributed by atoms with Gasteiger partial charge in [0.2, 0.25) is 5.91 Å². The summed E-state index contributed by atoms with van der Waals surface area (Å²) in [5.74, 6) is -0.155. The molecule has 0 saturated heterocycles. The maximum absolute atomic E-state index is 11.6. The Morgan fingerprint density at radius 2 is 2.05 bits per heavy atom. The van der Waals surface area contributed by atoms with Crippen LogP contribution < -0.4 is 16.4 Å². The highest BCUT2D eigenvalue weighted by atomic mass is 16.1. The summed E-state index contributed by atoms with van der Waals surface area (Å²) in [5.41, 5.74) is 8.28. The van der Waals surface area contributed by atoms with E-state index in [2.05, 4.69) is 23.8 Å². The zero-order chi connectivity index (χ0) is 15.0. The number of nitrogens with two attached hydrogens (primary N) is 1. The average Bonchev–Trinajstić information content (AvgIpc) is 2.45. The van der Waals surface area contributed by atoms with Crippen LogP contribution in [0.4, 0.5) is 0 Å². The molecule has 0 aromatic heterocycles. The van der Waals surface area contributed by atoms with Crippen molar-refractivity contribution >= 4 is 12.0 Å². The van der Waals surface area contributed by atoms with Crippen LogP contribution in [0.5, 0.6) is 0 Å². The van der Waals surface area contributed by atoms with Crippen molar-refractivity contribution in [2.24, 2.45) is 5.73 Å². The molecule has 0 spiro atoms. The fraction of sp³-hybridized carbons (Fsp3) is 0.312. The summed E-state index contributed by atoms with van der Waals surface area (Å²) in [5, 5.41) is 6.15. The van der Waals surface area contributed by atoms with E-state index in [0.717, 1.165) is 11.1 Å². The van der Waals surface area contributed by atoms with Gasteiger partial charge in [-0.05, 0) is 31.0 Å². The van der Waals surface area contributed by atoms with E-state index in [1.165, 1.54) is 0 Å². The Hall–Kier alpha value is -1.91. The number of nitrogens with one attached hydrogen (secondary N) is 2. The molecule has 0 fully saturated rings. The molecule has 0 heterocycles. The fourth-order valence-corrected chi connectivity index (χ4v) is 1.69. The van der Waals surface area contributed by atoms with Crippen molar-refractivity contribution in [3.63, 3.8) is 0 Å². The number of carbonyl (C=O) groups excluding carboxylic acids is 1. The minimum atomic E-state index is -0.155. The van der Waals surface area contributed by atoms with E-state index in [4.69, 9.17) is 5.73 Å². The first-order valence-electron chi connectivity index (χ1n) is 6.68. The Balaban J connectivity index is 2.54. The van der Waals surface area contributed by atoms with E-state index in [1.54, 1.807) is 6.92 Å². The summed E-state index contributed by atoms with van der Waals surface area (Å²) in [7, 11) is 0. The molecule has 0 aliphatic heterocycles. The zero-order valence-electron chi connectivity index (χ0n) is 12.0. The molecule has 20 heavy (non-hydrogen) atoms. The van der Waals surface area contributed by atoms with E-state index in [0.29, 0.717) is 25.1 Å². The topological polar surface area (TPSA) is 67.2 Å². The van der Waals surface area contributed by atoms with Crippen LogP contribution in [0.1, 0.15) is 24.5 Å². The van der Waals surface area contributed by atoms with Crippen LogP contribution in [0.3, 0.4) is 0 Å². The highest BCUT2D eigenvalue weighted by Crippen LogP contribution is 2.05. The quantitative estimate of drug-likeness (QED) is 0.499. The smallest absolute Gasteiger partial charge is 0.247 e. The Morgan fingerprint density at radius 3 is 2.55 bits per heavy atom. The van der Waals surface area contributed by atoms with Crippen LogP contribution in [0.15, 0.2) is 43.0 Å². The van der Waals surface area contributed by atoms with Gasteiger partial charge in [-0.3, -0.25) is 10.1 Å². The third-order valence-corrected chi connectivity index (χ3v) is 2.92. The van der Waals surface area contributed by atoms with Gasteiger partial charge in [0, 0.05) is 12.1 Å². The van der Waals surface area contributed by atoms with Gasteiger partial charge in [-0.2, -0.15) is 0 Å². The molecule has 108 valence electrons. The van der Waals surface area contributed by atoms with Crippen molar-refractivity contribution in [3.8, 4) is 0 Å². The van der Waals surface area contributed by atoms with E-state index < -0.39 is 0 Å². The van der Waals surface area contributed by atoms with Crippen LogP contribution in [0.25, 0.3) is 6.08 Å². The van der Waals surface area contributed by atoms with Gasteiger partial charge in [0.15, 0.2) is 0 Å². The summed E-state index contributed by atoms with van der Waals surface area (Å²) in [6, 6.07) is 8.08. The van der Waals surface area contributed by atoms with E-state index >= 15 is 0 Å². The monoisotopic (exact) mass is 273 g/mol. The van der Waals surface area contributed by atoms with Crippen LogP contribution in [0.2, 0.25) is 0 Å². The largest absolute Gasteiger partial charge is 0.337 e. The van der Waals surface area contributed by atoms with Gasteiger partial charge in [0.05, 0.1) is 6.17 Å². The average molecular weight is 273 g/mol. The maximum atomic E-state index is 11.6. The normalized spacial score (nSPS) is 11.7. The van der Waals surface area contributed by atoms with Crippen molar-refractivity contribution < 1.29 is 4.79 Å². The van der Waals surface area contributed by atoms with E-state index in [-0.39, 0.29) is 12.1 Å². The van der Waals surface area contributed by atoms with Crippen LogP contribution in [-0.4, -0.2) is 18.6 Å². The predicted molar refractivity (Wildman–Crippen MR) is 83.8 cm³/mol. The molecular weight excluding hydrogens is 250 g/mol. The third kappa shape index (κ3) is 5.38. The molecule has 1 atom stereocenters. The first kappa shape index (κ1) is 16.1. The Labute approximate surface area is 120 Å². The summed E-state index contributed by atoms with van der Waals surface area (Å²) >= 11 is 0. The predicted octanol–water partition coefficient (Wildman–Crippen LogP) is 1.79. The SMILES string of the molecule is C=Cc1ccc(CNC(CCN)NC(=O)C(=C)C)cc1. The van der Waals surface area contributed by atoms with E-state index in [1.807, 2.05) is 30.3 Å². The van der Waals surface area contributed by atoms with Crippen LogP contribution in [-0.2, 0) is 11.3 Å². The second-order valence-corrected chi connectivity index (χ2v) is 4.71. The minimum Gasteiger partial charge on any atom is -0.337 e. The molecule has 0 bridgehead atoms. The number of hydrogen-bond acceptors (Lipinski definition) is 3. The number of amides is 1. The first-order chi connectivity index (χ1) is 9.56. The molecule has 0 radical (unpaired) electrons. The highest BCUT2D eigenvalue weighted by Gasteiger charge is 2.11. The summed E-state index contributed by atoms with van der Waals surface area (Å²) < 4.78 is 0. The molecule has 1 aromatic rings. The molecule has 1 amide bonds. The van der Waals surface area contributed by atoms with Gasteiger partial charge < -0.3 is 11.1 Å². The molecule has 4 heteroatoms. The number of hydrogen-bond donors (Lipinski definition) is 3. The molecule has 1 rings (SSSR count). The third-order valence-electron chi connectivity index (χ3n) is 2.92. The maximum Gasteiger partial charge on any atom is 0.247 e. The van der Waals surface area contributed by atoms with Crippen molar-refractivity contribution in [3.05, 3.63) is 54.1 Å². The highest BCUT2D eigenvalue weighted by molar-refractivity contribution is 5.92. The summed E-state index contributed by atoms with van der Waals surface area (Å²) in [6.45, 7) is 10.2. The lowest BCUT2D eigenvalue weighted by atomic mass is 10.1. The molecule has 0 aliphatic carbocycles.